The average molecular weight is 249 g/mol. The molecular formula is C15H23NO2. The zero-order valence-electron chi connectivity index (χ0n) is 11.3. The Hall–Kier alpha value is -1.22. The van der Waals surface area contributed by atoms with Crippen LogP contribution in [0.1, 0.15) is 38.2 Å². The zero-order chi connectivity index (χ0) is 13.0. The number of aliphatic hydroxyl groups is 1. The summed E-state index contributed by atoms with van der Waals surface area (Å²) < 4.78 is 5.21. The van der Waals surface area contributed by atoms with Gasteiger partial charge < -0.3 is 15.2 Å². The molecule has 2 rings (SSSR count). The van der Waals surface area contributed by atoms with Crippen LogP contribution in [0.3, 0.4) is 0 Å². The van der Waals surface area contributed by atoms with Crippen LogP contribution in [0.2, 0.25) is 0 Å². The normalized spacial score (nSPS) is 17.7. The Balaban J connectivity index is 2.04. The molecule has 1 aromatic carbocycles. The van der Waals surface area contributed by atoms with Crippen LogP contribution < -0.4 is 10.1 Å². The lowest BCUT2D eigenvalue weighted by Gasteiger charge is -2.22. The number of hydrogen-bond donors (Lipinski definition) is 2. The van der Waals surface area contributed by atoms with E-state index in [0.29, 0.717) is 6.04 Å². The monoisotopic (exact) mass is 249 g/mol. The first-order valence-electron chi connectivity index (χ1n) is 6.79. The van der Waals surface area contributed by atoms with Crippen molar-refractivity contribution >= 4 is 5.69 Å². The number of benzene rings is 1. The maximum atomic E-state index is 9.31. The van der Waals surface area contributed by atoms with Crippen LogP contribution >= 0.6 is 0 Å². The van der Waals surface area contributed by atoms with E-state index < -0.39 is 0 Å². The fraction of sp³-hybridized carbons (Fsp3) is 0.600. The van der Waals surface area contributed by atoms with E-state index in [1.807, 2.05) is 18.2 Å². The highest BCUT2D eigenvalue weighted by Crippen LogP contribution is 2.30. The smallest absolute Gasteiger partial charge is 0.124 e. The van der Waals surface area contributed by atoms with Gasteiger partial charge in [0, 0.05) is 17.3 Å². The number of hydrogen-bond acceptors (Lipinski definition) is 3. The van der Waals surface area contributed by atoms with E-state index in [1.54, 1.807) is 7.11 Å². The molecule has 3 nitrogen and oxygen atoms in total. The SMILES string of the molecule is COc1ccc(NC(C)C2CCCC2)cc1CO. The largest absolute Gasteiger partial charge is 0.496 e. The summed E-state index contributed by atoms with van der Waals surface area (Å²) in [5, 5.41) is 12.9. The minimum Gasteiger partial charge on any atom is -0.496 e. The van der Waals surface area contributed by atoms with Crippen LogP contribution in [0.5, 0.6) is 5.75 Å². The Morgan fingerprint density at radius 2 is 2.11 bits per heavy atom. The Bertz CT molecular complexity index is 386. The lowest BCUT2D eigenvalue weighted by molar-refractivity contribution is 0.274. The lowest BCUT2D eigenvalue weighted by Crippen LogP contribution is -2.23. The van der Waals surface area contributed by atoms with E-state index >= 15 is 0 Å². The van der Waals surface area contributed by atoms with Crippen LogP contribution in [0, 0.1) is 5.92 Å². The molecule has 0 bridgehead atoms. The molecule has 0 heterocycles. The fourth-order valence-corrected chi connectivity index (χ4v) is 2.83. The minimum atomic E-state index is 0.0104. The summed E-state index contributed by atoms with van der Waals surface area (Å²) in [5.74, 6) is 1.53. The number of methoxy groups -OCH3 is 1. The Labute approximate surface area is 109 Å². The summed E-state index contributed by atoms with van der Waals surface area (Å²) in [4.78, 5) is 0. The molecule has 1 aliphatic carbocycles. The summed E-state index contributed by atoms with van der Waals surface area (Å²) in [6, 6.07) is 6.40. The van der Waals surface area contributed by atoms with Crippen molar-refractivity contribution in [2.75, 3.05) is 12.4 Å². The zero-order valence-corrected chi connectivity index (χ0v) is 11.3. The summed E-state index contributed by atoms with van der Waals surface area (Å²) in [6.07, 6.45) is 5.39. The van der Waals surface area contributed by atoms with Crippen LogP contribution in [0.25, 0.3) is 0 Å². The molecule has 0 aromatic heterocycles. The summed E-state index contributed by atoms with van der Waals surface area (Å²) in [5.41, 5.74) is 1.90. The predicted molar refractivity (Wildman–Crippen MR) is 74.0 cm³/mol. The first-order valence-corrected chi connectivity index (χ1v) is 6.79. The van der Waals surface area contributed by atoms with Crippen molar-refractivity contribution in [1.29, 1.82) is 0 Å². The molecule has 0 amide bonds. The fourth-order valence-electron chi connectivity index (χ4n) is 2.83. The molecule has 0 saturated heterocycles. The maximum absolute atomic E-state index is 9.31. The first-order chi connectivity index (χ1) is 8.74. The Morgan fingerprint density at radius 3 is 2.72 bits per heavy atom. The minimum absolute atomic E-state index is 0.0104. The van der Waals surface area contributed by atoms with E-state index in [1.165, 1.54) is 25.7 Å². The van der Waals surface area contributed by atoms with E-state index in [4.69, 9.17) is 4.74 Å². The molecule has 2 N–H and O–H groups in total. The van der Waals surface area contributed by atoms with E-state index in [9.17, 15) is 5.11 Å². The molecule has 0 aliphatic heterocycles. The van der Waals surface area contributed by atoms with E-state index in [-0.39, 0.29) is 6.61 Å². The van der Waals surface area contributed by atoms with Crippen molar-refractivity contribution in [2.24, 2.45) is 5.92 Å². The van der Waals surface area contributed by atoms with Crippen molar-refractivity contribution in [2.45, 2.75) is 45.3 Å². The third-order valence-corrected chi connectivity index (χ3v) is 3.95. The van der Waals surface area contributed by atoms with Gasteiger partial charge in [0.15, 0.2) is 0 Å². The van der Waals surface area contributed by atoms with Crippen molar-refractivity contribution < 1.29 is 9.84 Å². The topological polar surface area (TPSA) is 41.5 Å². The van der Waals surface area contributed by atoms with Gasteiger partial charge in [0.1, 0.15) is 5.75 Å². The highest BCUT2D eigenvalue weighted by molar-refractivity contribution is 5.51. The molecule has 1 aromatic rings. The highest BCUT2D eigenvalue weighted by atomic mass is 16.5. The number of anilines is 1. The third-order valence-electron chi connectivity index (χ3n) is 3.95. The molecule has 1 atom stereocenters. The van der Waals surface area contributed by atoms with Gasteiger partial charge in [0.2, 0.25) is 0 Å². The quantitative estimate of drug-likeness (QED) is 0.842. The second-order valence-electron chi connectivity index (χ2n) is 5.16. The molecular weight excluding hydrogens is 226 g/mol. The number of aliphatic hydroxyl groups excluding tert-OH is 1. The lowest BCUT2D eigenvalue weighted by atomic mass is 9.99. The van der Waals surface area contributed by atoms with Crippen molar-refractivity contribution in [3.8, 4) is 5.75 Å². The summed E-state index contributed by atoms with van der Waals surface area (Å²) >= 11 is 0. The summed E-state index contributed by atoms with van der Waals surface area (Å²) in [7, 11) is 1.63. The van der Waals surface area contributed by atoms with Crippen LogP contribution in [-0.2, 0) is 6.61 Å². The molecule has 0 spiro atoms. The second kappa shape index (κ2) is 6.10. The van der Waals surface area contributed by atoms with Crippen molar-refractivity contribution in [3.63, 3.8) is 0 Å². The van der Waals surface area contributed by atoms with Gasteiger partial charge in [0.05, 0.1) is 13.7 Å². The van der Waals surface area contributed by atoms with Crippen molar-refractivity contribution in [1.82, 2.24) is 0 Å². The summed E-state index contributed by atoms with van der Waals surface area (Å²) in [6.45, 7) is 2.26. The first kappa shape index (κ1) is 13.2. The van der Waals surface area contributed by atoms with E-state index in [2.05, 4.69) is 12.2 Å². The van der Waals surface area contributed by atoms with Gasteiger partial charge in [-0.05, 0) is 43.9 Å². The molecule has 1 unspecified atom stereocenters. The molecule has 1 aliphatic rings. The number of nitrogens with one attached hydrogen (secondary N) is 1. The number of rotatable bonds is 5. The van der Waals surface area contributed by atoms with Gasteiger partial charge in [-0.1, -0.05) is 12.8 Å². The molecule has 0 radical (unpaired) electrons. The third kappa shape index (κ3) is 2.96. The molecule has 3 heteroatoms. The Kier molecular flexibility index (Phi) is 4.48. The molecule has 100 valence electrons. The average Bonchev–Trinajstić information content (AvgIpc) is 2.92. The van der Waals surface area contributed by atoms with Crippen LogP contribution in [0.15, 0.2) is 18.2 Å². The van der Waals surface area contributed by atoms with Crippen LogP contribution in [-0.4, -0.2) is 18.3 Å². The molecule has 18 heavy (non-hydrogen) atoms. The van der Waals surface area contributed by atoms with Gasteiger partial charge in [-0.25, -0.2) is 0 Å². The van der Waals surface area contributed by atoms with Gasteiger partial charge in [-0.2, -0.15) is 0 Å². The molecule has 1 fully saturated rings. The van der Waals surface area contributed by atoms with Gasteiger partial charge in [-0.3, -0.25) is 0 Å². The Morgan fingerprint density at radius 1 is 1.39 bits per heavy atom. The second-order valence-corrected chi connectivity index (χ2v) is 5.16. The standard InChI is InChI=1S/C15H23NO2/c1-11(12-5-3-4-6-12)16-14-7-8-15(18-2)13(9-14)10-17/h7-9,11-12,16-17H,3-6,10H2,1-2H3. The highest BCUT2D eigenvalue weighted by Gasteiger charge is 2.21. The van der Waals surface area contributed by atoms with E-state index in [0.717, 1.165) is 22.9 Å². The predicted octanol–water partition coefficient (Wildman–Crippen LogP) is 3.18. The van der Waals surface area contributed by atoms with Crippen molar-refractivity contribution in [3.05, 3.63) is 23.8 Å². The van der Waals surface area contributed by atoms with Crippen LogP contribution in [0.4, 0.5) is 5.69 Å². The van der Waals surface area contributed by atoms with Gasteiger partial charge in [-0.15, -0.1) is 0 Å². The number of ether oxygens (including phenoxy) is 1. The molecule has 1 saturated carbocycles. The van der Waals surface area contributed by atoms with Gasteiger partial charge in [0.25, 0.3) is 0 Å². The van der Waals surface area contributed by atoms with Gasteiger partial charge >= 0.3 is 0 Å². The maximum Gasteiger partial charge on any atom is 0.124 e.